The number of hydrogen-bond acceptors (Lipinski definition) is 5. The van der Waals surface area contributed by atoms with E-state index in [0.29, 0.717) is 19.0 Å². The van der Waals surface area contributed by atoms with Crippen molar-refractivity contribution in [1.82, 2.24) is 20.1 Å². The minimum absolute atomic E-state index is 0. The van der Waals surface area contributed by atoms with Crippen molar-refractivity contribution in [3.05, 3.63) is 11.6 Å². The standard InChI is InChI=1S/C8H12N4O2.ClH/c1-2-14-8(13)7-11-10-6-5-9-3-4-12(6)7;/h9H,2-5H2,1H3;1H. The van der Waals surface area contributed by atoms with Crippen LogP contribution in [0.15, 0.2) is 0 Å². The molecule has 0 aliphatic carbocycles. The van der Waals surface area contributed by atoms with E-state index in [1.54, 1.807) is 11.5 Å². The van der Waals surface area contributed by atoms with Crippen molar-refractivity contribution in [3.63, 3.8) is 0 Å². The van der Waals surface area contributed by atoms with Crippen LogP contribution in [0.4, 0.5) is 0 Å². The summed E-state index contributed by atoms with van der Waals surface area (Å²) in [7, 11) is 0. The van der Waals surface area contributed by atoms with E-state index in [1.165, 1.54) is 0 Å². The fraction of sp³-hybridized carbons (Fsp3) is 0.625. The average molecular weight is 233 g/mol. The first kappa shape index (κ1) is 11.9. The minimum atomic E-state index is -0.395. The molecule has 84 valence electrons. The van der Waals surface area contributed by atoms with Crippen LogP contribution in [0, 0.1) is 0 Å². The van der Waals surface area contributed by atoms with Crippen LogP contribution in [0.3, 0.4) is 0 Å². The molecule has 1 aromatic heterocycles. The Morgan fingerprint density at radius 2 is 2.40 bits per heavy atom. The molecule has 0 atom stereocenters. The molecular weight excluding hydrogens is 220 g/mol. The summed E-state index contributed by atoms with van der Waals surface area (Å²) in [5.41, 5.74) is 0. The molecule has 0 bridgehead atoms. The van der Waals surface area contributed by atoms with Gasteiger partial charge in [-0.2, -0.15) is 0 Å². The summed E-state index contributed by atoms with van der Waals surface area (Å²) >= 11 is 0. The van der Waals surface area contributed by atoms with Crippen LogP contribution in [0.2, 0.25) is 0 Å². The quantitative estimate of drug-likeness (QED) is 0.726. The van der Waals surface area contributed by atoms with Crippen LogP contribution in [0.5, 0.6) is 0 Å². The van der Waals surface area contributed by atoms with Gasteiger partial charge in [0.1, 0.15) is 5.82 Å². The maximum Gasteiger partial charge on any atom is 0.376 e. The summed E-state index contributed by atoms with van der Waals surface area (Å²) in [6, 6.07) is 0. The highest BCUT2D eigenvalue weighted by atomic mass is 35.5. The summed E-state index contributed by atoms with van der Waals surface area (Å²) in [4.78, 5) is 11.4. The molecule has 2 rings (SSSR count). The van der Waals surface area contributed by atoms with Crippen LogP contribution in [0.1, 0.15) is 23.4 Å². The van der Waals surface area contributed by atoms with Crippen molar-refractivity contribution in [3.8, 4) is 0 Å². The van der Waals surface area contributed by atoms with Crippen molar-refractivity contribution in [1.29, 1.82) is 0 Å². The first-order valence-corrected chi connectivity index (χ1v) is 4.63. The second kappa shape index (κ2) is 5.09. The summed E-state index contributed by atoms with van der Waals surface area (Å²) in [6.07, 6.45) is 0. The molecular formula is C8H13ClN4O2. The fourth-order valence-corrected chi connectivity index (χ4v) is 1.44. The number of halogens is 1. The lowest BCUT2D eigenvalue weighted by Gasteiger charge is -2.15. The lowest BCUT2D eigenvalue weighted by molar-refractivity contribution is 0.0505. The maximum atomic E-state index is 11.4. The van der Waals surface area contributed by atoms with Crippen LogP contribution < -0.4 is 5.32 Å². The Morgan fingerprint density at radius 3 is 3.13 bits per heavy atom. The SMILES string of the molecule is CCOC(=O)c1nnc2n1CCNC2.Cl. The average Bonchev–Trinajstić information content (AvgIpc) is 2.61. The first-order chi connectivity index (χ1) is 6.83. The number of ether oxygens (including phenoxy) is 1. The van der Waals surface area contributed by atoms with E-state index in [0.717, 1.165) is 18.9 Å². The van der Waals surface area contributed by atoms with E-state index in [1.807, 2.05) is 0 Å². The van der Waals surface area contributed by atoms with E-state index in [-0.39, 0.29) is 12.4 Å². The Kier molecular flexibility index (Phi) is 4.05. The maximum absolute atomic E-state index is 11.4. The Labute approximate surface area is 93.4 Å². The van der Waals surface area contributed by atoms with Crippen molar-refractivity contribution >= 4 is 18.4 Å². The lowest BCUT2D eigenvalue weighted by Crippen LogP contribution is -2.30. The normalized spacial score (nSPS) is 13.9. The largest absolute Gasteiger partial charge is 0.460 e. The molecule has 1 aliphatic rings. The Morgan fingerprint density at radius 1 is 1.60 bits per heavy atom. The van der Waals surface area contributed by atoms with Gasteiger partial charge in [-0.25, -0.2) is 4.79 Å². The highest BCUT2D eigenvalue weighted by Crippen LogP contribution is 2.06. The molecule has 7 heteroatoms. The highest BCUT2D eigenvalue weighted by Gasteiger charge is 2.21. The number of nitrogens with zero attached hydrogens (tertiary/aromatic N) is 3. The topological polar surface area (TPSA) is 69.0 Å². The molecule has 1 aliphatic heterocycles. The van der Waals surface area contributed by atoms with Gasteiger partial charge in [0, 0.05) is 13.1 Å². The third kappa shape index (κ3) is 2.27. The second-order valence-corrected chi connectivity index (χ2v) is 2.99. The summed E-state index contributed by atoms with van der Waals surface area (Å²) in [5, 5.41) is 10.9. The van der Waals surface area contributed by atoms with Crippen molar-refractivity contribution in [2.24, 2.45) is 0 Å². The molecule has 1 aromatic rings. The minimum Gasteiger partial charge on any atom is -0.460 e. The van der Waals surface area contributed by atoms with E-state index in [2.05, 4.69) is 15.5 Å². The number of carbonyl (C=O) groups excluding carboxylic acids is 1. The van der Waals surface area contributed by atoms with E-state index < -0.39 is 5.97 Å². The van der Waals surface area contributed by atoms with Crippen molar-refractivity contribution in [2.45, 2.75) is 20.0 Å². The predicted octanol–water partition coefficient (Wildman–Crippen LogP) is -0.0202. The van der Waals surface area contributed by atoms with E-state index in [9.17, 15) is 4.79 Å². The molecule has 0 saturated heterocycles. The molecule has 2 heterocycles. The van der Waals surface area contributed by atoms with E-state index in [4.69, 9.17) is 4.74 Å². The van der Waals surface area contributed by atoms with Crippen LogP contribution in [-0.4, -0.2) is 33.9 Å². The molecule has 0 fully saturated rings. The zero-order valence-electron chi connectivity index (χ0n) is 8.39. The van der Waals surface area contributed by atoms with Gasteiger partial charge in [-0.15, -0.1) is 22.6 Å². The van der Waals surface area contributed by atoms with Crippen LogP contribution in [0.25, 0.3) is 0 Å². The van der Waals surface area contributed by atoms with E-state index >= 15 is 0 Å². The lowest BCUT2D eigenvalue weighted by atomic mass is 10.4. The van der Waals surface area contributed by atoms with Gasteiger partial charge < -0.3 is 14.6 Å². The van der Waals surface area contributed by atoms with Crippen molar-refractivity contribution in [2.75, 3.05) is 13.2 Å². The zero-order chi connectivity index (χ0) is 9.97. The summed E-state index contributed by atoms with van der Waals surface area (Å²) in [6.45, 7) is 4.34. The monoisotopic (exact) mass is 232 g/mol. The molecule has 15 heavy (non-hydrogen) atoms. The number of aromatic nitrogens is 3. The number of carbonyl (C=O) groups is 1. The number of rotatable bonds is 2. The Bertz CT molecular complexity index is 352. The highest BCUT2D eigenvalue weighted by molar-refractivity contribution is 5.85. The molecule has 1 N–H and O–H groups in total. The smallest absolute Gasteiger partial charge is 0.376 e. The summed E-state index contributed by atoms with van der Waals surface area (Å²) in [5.74, 6) is 0.704. The number of esters is 1. The zero-order valence-corrected chi connectivity index (χ0v) is 9.21. The van der Waals surface area contributed by atoms with Crippen molar-refractivity contribution < 1.29 is 9.53 Å². The summed E-state index contributed by atoms with van der Waals surface area (Å²) < 4.78 is 6.67. The molecule has 0 spiro atoms. The van der Waals surface area contributed by atoms with Gasteiger partial charge in [0.25, 0.3) is 0 Å². The third-order valence-electron chi connectivity index (χ3n) is 2.08. The van der Waals surface area contributed by atoms with Crippen LogP contribution >= 0.6 is 12.4 Å². The van der Waals surface area contributed by atoms with Gasteiger partial charge in [0.15, 0.2) is 0 Å². The number of nitrogens with one attached hydrogen (secondary N) is 1. The molecule has 0 saturated carbocycles. The van der Waals surface area contributed by atoms with Gasteiger partial charge in [0.2, 0.25) is 5.82 Å². The van der Waals surface area contributed by atoms with Gasteiger partial charge in [-0.05, 0) is 6.92 Å². The molecule has 6 nitrogen and oxygen atoms in total. The first-order valence-electron chi connectivity index (χ1n) is 4.63. The molecule has 0 amide bonds. The number of hydrogen-bond donors (Lipinski definition) is 1. The fourth-order valence-electron chi connectivity index (χ4n) is 1.44. The number of fused-ring (bicyclic) bond motifs is 1. The molecule has 0 unspecified atom stereocenters. The van der Waals surface area contributed by atoms with Gasteiger partial charge in [-0.1, -0.05) is 0 Å². The Hall–Kier alpha value is -1.14. The molecule has 0 radical (unpaired) electrons. The van der Waals surface area contributed by atoms with Gasteiger partial charge in [0.05, 0.1) is 13.2 Å². The van der Waals surface area contributed by atoms with Gasteiger partial charge >= 0.3 is 5.97 Å². The third-order valence-corrected chi connectivity index (χ3v) is 2.08. The second-order valence-electron chi connectivity index (χ2n) is 2.99. The van der Waals surface area contributed by atoms with Crippen LogP contribution in [-0.2, 0) is 17.8 Å². The predicted molar refractivity (Wildman–Crippen MR) is 54.9 cm³/mol. The molecule has 0 aromatic carbocycles. The Balaban J connectivity index is 0.00000112. The van der Waals surface area contributed by atoms with Gasteiger partial charge in [-0.3, -0.25) is 0 Å².